The van der Waals surface area contributed by atoms with E-state index >= 15 is 0 Å². The number of nitrogens with zero attached hydrogens (tertiary/aromatic N) is 1. The number of rotatable bonds is 5. The summed E-state index contributed by atoms with van der Waals surface area (Å²) in [5, 5.41) is 0. The van der Waals surface area contributed by atoms with Gasteiger partial charge in [-0.3, -0.25) is 4.21 Å². The van der Waals surface area contributed by atoms with Crippen molar-refractivity contribution in [3.8, 4) is 11.1 Å². The fourth-order valence-corrected chi connectivity index (χ4v) is 2.86. The molecule has 0 N–H and O–H groups in total. The lowest BCUT2D eigenvalue weighted by Crippen LogP contribution is -2.29. The minimum absolute atomic E-state index is 0.261. The minimum atomic E-state index is -2.28. The van der Waals surface area contributed by atoms with Crippen molar-refractivity contribution < 1.29 is 8.76 Å². The summed E-state index contributed by atoms with van der Waals surface area (Å²) in [7, 11) is 0. The van der Waals surface area contributed by atoms with Gasteiger partial charge in [0.2, 0.25) is 0 Å². The zero-order chi connectivity index (χ0) is 14.5. The molecular formula is C16H18NO2S-. The molecule has 2 aromatic rings. The Kier molecular flexibility index (Phi) is 4.93. The average molecular weight is 288 g/mol. The molecule has 0 aromatic heterocycles. The molecule has 0 amide bonds. The third-order valence-corrected chi connectivity index (χ3v) is 3.67. The van der Waals surface area contributed by atoms with Crippen LogP contribution in [-0.2, 0) is 11.3 Å². The second kappa shape index (κ2) is 6.68. The summed E-state index contributed by atoms with van der Waals surface area (Å²) < 4.78 is 24.5. The largest absolute Gasteiger partial charge is 0.755 e. The lowest BCUT2D eigenvalue weighted by atomic mass is 10.0. The molecule has 1 unspecified atom stereocenters. The number of hydrogen-bond acceptors (Lipinski definition) is 2. The summed E-state index contributed by atoms with van der Waals surface area (Å²) in [6.45, 7) is 4.48. The van der Waals surface area contributed by atoms with Crippen LogP contribution in [0.4, 0.5) is 5.69 Å². The summed E-state index contributed by atoms with van der Waals surface area (Å²) in [5.74, 6) is 0.261. The molecule has 0 saturated heterocycles. The predicted molar refractivity (Wildman–Crippen MR) is 83.0 cm³/mol. The van der Waals surface area contributed by atoms with Crippen LogP contribution in [0, 0.1) is 5.92 Å². The molecule has 0 fully saturated rings. The van der Waals surface area contributed by atoms with E-state index in [0.29, 0.717) is 6.54 Å². The molecule has 0 saturated carbocycles. The van der Waals surface area contributed by atoms with Gasteiger partial charge >= 0.3 is 0 Å². The standard InChI is InChI=1S/C16H19NO2S/c1-13(2)12-17(20(18)19)16-11-7-6-10-15(16)14-8-4-3-5-9-14/h3-11,13H,12H2,1-2H3,(H,18,19)/p-1. The summed E-state index contributed by atoms with van der Waals surface area (Å²) in [5.41, 5.74) is 2.67. The van der Waals surface area contributed by atoms with Crippen LogP contribution in [0.1, 0.15) is 13.8 Å². The molecule has 4 heteroatoms. The Labute approximate surface area is 122 Å². The highest BCUT2D eigenvalue weighted by molar-refractivity contribution is 7.80. The van der Waals surface area contributed by atoms with E-state index in [1.165, 1.54) is 4.31 Å². The van der Waals surface area contributed by atoms with Gasteiger partial charge < -0.3 is 8.86 Å². The molecule has 3 nitrogen and oxygen atoms in total. The Morgan fingerprint density at radius 1 is 1.05 bits per heavy atom. The first-order chi connectivity index (χ1) is 9.59. The van der Waals surface area contributed by atoms with Gasteiger partial charge in [-0.2, -0.15) is 0 Å². The van der Waals surface area contributed by atoms with E-state index in [9.17, 15) is 8.76 Å². The highest BCUT2D eigenvalue weighted by Gasteiger charge is 2.14. The summed E-state index contributed by atoms with van der Waals surface area (Å²) >= 11 is -2.28. The number of hydrogen-bond donors (Lipinski definition) is 0. The quantitative estimate of drug-likeness (QED) is 0.789. The van der Waals surface area contributed by atoms with Gasteiger partial charge in [-0.15, -0.1) is 0 Å². The average Bonchev–Trinajstić information content (AvgIpc) is 2.45. The van der Waals surface area contributed by atoms with Crippen LogP contribution in [0.5, 0.6) is 0 Å². The second-order valence-corrected chi connectivity index (χ2v) is 5.93. The van der Waals surface area contributed by atoms with Crippen LogP contribution in [0.25, 0.3) is 11.1 Å². The predicted octanol–water partition coefficient (Wildman–Crippen LogP) is 3.61. The van der Waals surface area contributed by atoms with Crippen molar-refractivity contribution in [2.45, 2.75) is 13.8 Å². The fourth-order valence-electron chi connectivity index (χ4n) is 2.12. The Bertz CT molecular complexity index is 584. The lowest BCUT2D eigenvalue weighted by Gasteiger charge is -2.30. The lowest BCUT2D eigenvalue weighted by molar-refractivity contribution is 0.524. The number of benzene rings is 2. The van der Waals surface area contributed by atoms with E-state index in [1.54, 1.807) is 0 Å². The topological polar surface area (TPSA) is 43.4 Å². The third-order valence-electron chi connectivity index (χ3n) is 2.97. The van der Waals surface area contributed by atoms with Crippen LogP contribution < -0.4 is 4.31 Å². The molecule has 0 aliphatic rings. The number of para-hydroxylation sites is 1. The van der Waals surface area contributed by atoms with Crippen LogP contribution in [0.3, 0.4) is 0 Å². The monoisotopic (exact) mass is 288 g/mol. The van der Waals surface area contributed by atoms with Gasteiger partial charge in [-0.25, -0.2) is 0 Å². The van der Waals surface area contributed by atoms with Crippen molar-refractivity contribution in [1.82, 2.24) is 0 Å². The Morgan fingerprint density at radius 3 is 2.25 bits per heavy atom. The van der Waals surface area contributed by atoms with Gasteiger partial charge in [0.25, 0.3) is 0 Å². The van der Waals surface area contributed by atoms with Crippen molar-refractivity contribution in [1.29, 1.82) is 0 Å². The van der Waals surface area contributed by atoms with E-state index in [4.69, 9.17) is 0 Å². The van der Waals surface area contributed by atoms with Crippen LogP contribution in [0.15, 0.2) is 54.6 Å². The van der Waals surface area contributed by atoms with Gasteiger partial charge in [0.15, 0.2) is 0 Å². The first-order valence-corrected chi connectivity index (χ1v) is 7.64. The van der Waals surface area contributed by atoms with Crippen LogP contribution in [-0.4, -0.2) is 15.3 Å². The van der Waals surface area contributed by atoms with Gasteiger partial charge in [-0.1, -0.05) is 62.4 Å². The fraction of sp³-hybridized carbons (Fsp3) is 0.250. The van der Waals surface area contributed by atoms with Crippen molar-refractivity contribution in [3.63, 3.8) is 0 Å². The molecule has 0 heterocycles. The van der Waals surface area contributed by atoms with Gasteiger partial charge in [0.1, 0.15) is 0 Å². The maximum atomic E-state index is 11.5. The Morgan fingerprint density at radius 2 is 1.65 bits per heavy atom. The highest BCUT2D eigenvalue weighted by atomic mass is 32.2. The summed E-state index contributed by atoms with van der Waals surface area (Å²) in [6, 6.07) is 17.4. The Hall–Kier alpha value is -1.65. The Balaban J connectivity index is 2.48. The third kappa shape index (κ3) is 3.46. The van der Waals surface area contributed by atoms with Gasteiger partial charge in [0, 0.05) is 23.4 Å². The molecule has 106 valence electrons. The maximum Gasteiger partial charge on any atom is 0.0560 e. The van der Waals surface area contributed by atoms with Crippen molar-refractivity contribution in [3.05, 3.63) is 54.6 Å². The normalized spacial score (nSPS) is 12.4. The van der Waals surface area contributed by atoms with Gasteiger partial charge in [-0.05, 0) is 17.5 Å². The summed E-state index contributed by atoms with van der Waals surface area (Å²) in [4.78, 5) is 0. The molecule has 0 bridgehead atoms. The zero-order valence-corrected chi connectivity index (χ0v) is 12.5. The minimum Gasteiger partial charge on any atom is -0.755 e. The molecule has 20 heavy (non-hydrogen) atoms. The molecule has 0 aliphatic heterocycles. The maximum absolute atomic E-state index is 11.5. The molecule has 0 spiro atoms. The van der Waals surface area contributed by atoms with Gasteiger partial charge in [0.05, 0.1) is 5.69 Å². The summed E-state index contributed by atoms with van der Waals surface area (Å²) in [6.07, 6.45) is 0. The highest BCUT2D eigenvalue weighted by Crippen LogP contribution is 2.31. The van der Waals surface area contributed by atoms with Crippen molar-refractivity contribution in [2.75, 3.05) is 10.8 Å². The van der Waals surface area contributed by atoms with Crippen molar-refractivity contribution >= 4 is 17.0 Å². The van der Waals surface area contributed by atoms with Crippen molar-refractivity contribution in [2.24, 2.45) is 5.92 Å². The van der Waals surface area contributed by atoms with E-state index in [-0.39, 0.29) is 5.92 Å². The first kappa shape index (κ1) is 14.8. The zero-order valence-electron chi connectivity index (χ0n) is 11.7. The molecular weight excluding hydrogens is 270 g/mol. The molecule has 0 radical (unpaired) electrons. The molecule has 2 rings (SSSR count). The first-order valence-electron chi connectivity index (χ1n) is 6.61. The SMILES string of the molecule is CC(C)CN(c1ccccc1-c1ccccc1)S(=O)[O-]. The number of anilines is 1. The molecule has 0 aliphatic carbocycles. The van der Waals surface area contributed by atoms with Crippen LogP contribution >= 0.6 is 0 Å². The second-order valence-electron chi connectivity index (χ2n) is 5.06. The van der Waals surface area contributed by atoms with E-state index in [2.05, 4.69) is 0 Å². The van der Waals surface area contributed by atoms with E-state index in [0.717, 1.165) is 16.8 Å². The molecule has 1 atom stereocenters. The van der Waals surface area contributed by atoms with Crippen LogP contribution in [0.2, 0.25) is 0 Å². The molecule has 2 aromatic carbocycles. The smallest absolute Gasteiger partial charge is 0.0560 e. The van der Waals surface area contributed by atoms with E-state index < -0.39 is 11.3 Å². The van der Waals surface area contributed by atoms with E-state index in [1.807, 2.05) is 68.4 Å².